The van der Waals surface area contributed by atoms with Gasteiger partial charge in [0.05, 0.1) is 93.4 Å². The molecular formula is C51H70N3O20S3+. The van der Waals surface area contributed by atoms with Crippen molar-refractivity contribution in [3.05, 3.63) is 95.8 Å². The highest BCUT2D eigenvalue weighted by Crippen LogP contribution is 2.51. The molecule has 0 saturated carbocycles. The highest BCUT2D eigenvalue weighted by atomic mass is 32.2. The zero-order chi connectivity index (χ0) is 56.3. The Bertz CT molecular complexity index is 2870. The number of hydroxylamine groups is 2. The molecule has 0 bridgehead atoms. The van der Waals surface area contributed by atoms with E-state index in [9.17, 15) is 53.3 Å². The van der Waals surface area contributed by atoms with E-state index in [0.29, 0.717) is 85.8 Å². The normalized spacial score (nSPS) is 19.6. The summed E-state index contributed by atoms with van der Waals surface area (Å²) in [6, 6.07) is 8.68. The van der Waals surface area contributed by atoms with Gasteiger partial charge in [0, 0.05) is 74.7 Å². The molecule has 0 radical (unpaired) electrons. The smallest absolute Gasteiger partial charge is 0.335 e. The molecule has 3 heterocycles. The standard InChI is InChI=1S/C51H69N3O20S3/c1-50(20-10-36-75(58,59)60)41-37-39(76(61,62)63)13-15-43(41)52(22-26-70-31-34-72-29-28-68-4)45(50)11-8-6-5-7-9-12-46-51(2,21-25-67-3)42-38-40(77(64,65)66)14-16-44(42)53(46)23-27-71-32-35-73-33-30-69-24-19-49(57)74-54-47(55)17-18-48(54)56/h5-9,11-16,37-38H,10,17-36H2,1-4H3,(H2-,58,59,60,61,62,63,64,65,66)/p+1. The number of ether oxygens (including phenoxy) is 7. The molecule has 26 heteroatoms. The number of fused-ring (bicyclic) bond motifs is 2. The molecule has 426 valence electrons. The van der Waals surface area contributed by atoms with E-state index in [1.165, 1.54) is 24.3 Å². The molecule has 0 aliphatic carbocycles. The first-order chi connectivity index (χ1) is 36.5. The number of carbonyl (C=O) groups is 3. The number of anilines is 1. The number of amides is 2. The summed E-state index contributed by atoms with van der Waals surface area (Å²) in [6.45, 7) is 7.50. The topological polar surface area (TPSA) is 298 Å². The predicted octanol–water partition coefficient (Wildman–Crippen LogP) is 4.30. The Hall–Kier alpha value is -5.07. The van der Waals surface area contributed by atoms with Crippen LogP contribution in [0.2, 0.25) is 0 Å². The summed E-state index contributed by atoms with van der Waals surface area (Å²) >= 11 is 0. The van der Waals surface area contributed by atoms with Crippen molar-refractivity contribution in [3.63, 3.8) is 0 Å². The van der Waals surface area contributed by atoms with Crippen molar-refractivity contribution >= 4 is 65.2 Å². The Kier molecular flexibility index (Phi) is 23.8. The van der Waals surface area contributed by atoms with Crippen LogP contribution in [0.15, 0.2) is 94.4 Å². The number of hydrogen-bond donors (Lipinski definition) is 3. The van der Waals surface area contributed by atoms with Crippen molar-refractivity contribution < 1.29 is 95.9 Å². The van der Waals surface area contributed by atoms with Gasteiger partial charge in [0.1, 0.15) is 6.61 Å². The fraction of sp³-hybridized carbons (Fsp3) is 0.529. The van der Waals surface area contributed by atoms with E-state index in [-0.39, 0.29) is 88.1 Å². The van der Waals surface area contributed by atoms with E-state index in [1.54, 1.807) is 50.7 Å². The summed E-state index contributed by atoms with van der Waals surface area (Å²) in [5, 5.41) is 0.482. The van der Waals surface area contributed by atoms with Gasteiger partial charge in [-0.2, -0.15) is 29.8 Å². The van der Waals surface area contributed by atoms with E-state index in [1.807, 2.05) is 41.6 Å². The zero-order valence-corrected chi connectivity index (χ0v) is 46.2. The van der Waals surface area contributed by atoms with Crippen molar-refractivity contribution in [2.45, 2.75) is 73.0 Å². The van der Waals surface area contributed by atoms with Gasteiger partial charge in [-0.3, -0.25) is 23.2 Å². The Labute approximate surface area is 450 Å². The fourth-order valence-corrected chi connectivity index (χ4v) is 10.6. The Balaban J connectivity index is 1.30. The molecule has 23 nitrogen and oxygen atoms in total. The Morgan fingerprint density at radius 2 is 1.19 bits per heavy atom. The van der Waals surface area contributed by atoms with E-state index in [2.05, 4.69) is 0 Å². The van der Waals surface area contributed by atoms with Crippen LogP contribution >= 0.6 is 0 Å². The summed E-state index contributed by atoms with van der Waals surface area (Å²) in [5.41, 5.74) is 2.19. The number of methoxy groups -OCH3 is 2. The fourth-order valence-electron chi connectivity index (χ4n) is 9.07. The lowest BCUT2D eigenvalue weighted by molar-refractivity contribution is -0.442. The highest BCUT2D eigenvalue weighted by Gasteiger charge is 2.48. The summed E-state index contributed by atoms with van der Waals surface area (Å²) in [6.07, 6.45) is 13.1. The second-order valence-electron chi connectivity index (χ2n) is 18.3. The predicted molar refractivity (Wildman–Crippen MR) is 280 cm³/mol. The molecule has 3 aliphatic rings. The molecule has 3 N–H and O–H groups in total. The second kappa shape index (κ2) is 29.2. The summed E-state index contributed by atoms with van der Waals surface area (Å²) in [5.74, 6) is -2.43. The van der Waals surface area contributed by atoms with Crippen molar-refractivity contribution in [1.82, 2.24) is 5.06 Å². The molecule has 77 heavy (non-hydrogen) atoms. The van der Waals surface area contributed by atoms with Gasteiger partial charge in [-0.1, -0.05) is 30.4 Å². The number of nitrogens with zero attached hydrogens (tertiary/aromatic N) is 3. The lowest BCUT2D eigenvalue weighted by Gasteiger charge is -2.30. The highest BCUT2D eigenvalue weighted by molar-refractivity contribution is 7.86. The van der Waals surface area contributed by atoms with Crippen molar-refractivity contribution in [2.75, 3.05) is 117 Å². The van der Waals surface area contributed by atoms with Crippen LogP contribution in [0.25, 0.3) is 0 Å². The lowest BCUT2D eigenvalue weighted by Crippen LogP contribution is -2.32. The van der Waals surface area contributed by atoms with E-state index >= 15 is 0 Å². The first kappa shape index (κ1) is 62.8. The SMILES string of the molecule is COCCOCCOCC[N+]1=C(C=CC=CC=CC=C2N(CCOCCOCCOCCC(=O)ON3C(=O)CCC3=O)c3ccc(S(=O)(=O)O)cc3C2(C)CCOC)C(C)(CCCS(=O)(=O)O)c2cc(S(=O)(=O)O)ccc21. The van der Waals surface area contributed by atoms with E-state index in [4.69, 9.17) is 38.0 Å². The van der Waals surface area contributed by atoms with Crippen molar-refractivity contribution in [3.8, 4) is 0 Å². The third-order valence-electron chi connectivity index (χ3n) is 13.0. The molecule has 2 amide bonds. The number of rotatable bonds is 35. The minimum atomic E-state index is -4.61. The first-order valence-electron chi connectivity index (χ1n) is 24.8. The van der Waals surface area contributed by atoms with Gasteiger partial charge in [0.15, 0.2) is 12.3 Å². The maximum absolute atomic E-state index is 12.3. The molecule has 5 rings (SSSR count). The average Bonchev–Trinajstić information content (AvgIpc) is 3.90. The summed E-state index contributed by atoms with van der Waals surface area (Å²) in [4.78, 5) is 41.5. The molecular weight excluding hydrogens is 1070 g/mol. The maximum atomic E-state index is 12.3. The van der Waals surface area contributed by atoms with Crippen molar-refractivity contribution in [2.24, 2.45) is 0 Å². The molecule has 2 atom stereocenters. The van der Waals surface area contributed by atoms with Crippen LogP contribution in [0.4, 0.5) is 11.4 Å². The zero-order valence-electron chi connectivity index (χ0n) is 43.7. The summed E-state index contributed by atoms with van der Waals surface area (Å²) in [7, 11) is -10.4. The number of carbonyl (C=O) groups excluding carboxylic acids is 3. The van der Waals surface area contributed by atoms with E-state index < -0.39 is 64.7 Å². The minimum Gasteiger partial charge on any atom is -0.385 e. The van der Waals surface area contributed by atoms with Gasteiger partial charge in [-0.15, -0.1) is 5.06 Å². The van der Waals surface area contributed by atoms with Crippen LogP contribution in [0.3, 0.4) is 0 Å². The van der Waals surface area contributed by atoms with E-state index in [0.717, 1.165) is 5.70 Å². The lowest BCUT2D eigenvalue weighted by atomic mass is 9.76. The van der Waals surface area contributed by atoms with Gasteiger partial charge in [0.25, 0.3) is 42.2 Å². The van der Waals surface area contributed by atoms with Gasteiger partial charge >= 0.3 is 5.97 Å². The average molecular weight is 1140 g/mol. The Morgan fingerprint density at radius 3 is 1.81 bits per heavy atom. The molecule has 2 aromatic rings. The quantitative estimate of drug-likeness (QED) is 0.0285. The number of imide groups is 1. The van der Waals surface area contributed by atoms with Crippen LogP contribution in [-0.2, 0) is 93.6 Å². The van der Waals surface area contributed by atoms with Gasteiger partial charge in [0.2, 0.25) is 5.69 Å². The van der Waals surface area contributed by atoms with Gasteiger partial charge < -0.3 is 42.9 Å². The summed E-state index contributed by atoms with van der Waals surface area (Å²) < 4.78 is 143. The van der Waals surface area contributed by atoms with Gasteiger partial charge in [-0.25, -0.2) is 4.79 Å². The maximum Gasteiger partial charge on any atom is 0.335 e. The molecule has 0 aromatic heterocycles. The molecule has 2 aromatic carbocycles. The largest absolute Gasteiger partial charge is 0.385 e. The van der Waals surface area contributed by atoms with Crippen LogP contribution < -0.4 is 4.90 Å². The van der Waals surface area contributed by atoms with Crippen molar-refractivity contribution in [1.29, 1.82) is 0 Å². The van der Waals surface area contributed by atoms with Crippen LogP contribution in [0, 0.1) is 0 Å². The van der Waals surface area contributed by atoms with Crippen LogP contribution in [0.5, 0.6) is 0 Å². The number of allylic oxidation sites excluding steroid dienone is 8. The third-order valence-corrected chi connectivity index (χ3v) is 15.5. The monoisotopic (exact) mass is 1140 g/mol. The van der Waals surface area contributed by atoms with Crippen LogP contribution in [0.1, 0.15) is 63.5 Å². The number of hydrogen-bond acceptors (Lipinski definition) is 18. The Morgan fingerprint density at radius 1 is 0.649 bits per heavy atom. The van der Waals surface area contributed by atoms with Crippen LogP contribution in [-0.4, -0.2) is 184 Å². The third kappa shape index (κ3) is 18.0. The molecule has 1 fully saturated rings. The first-order valence-corrected chi connectivity index (χ1v) is 29.3. The van der Waals surface area contributed by atoms with Gasteiger partial charge in [-0.05, 0) is 75.1 Å². The molecule has 0 spiro atoms. The molecule has 3 aliphatic heterocycles. The minimum absolute atomic E-state index is 0.000267. The second-order valence-corrected chi connectivity index (χ2v) is 22.7. The number of benzene rings is 2. The molecule has 1 saturated heterocycles. The molecule has 2 unspecified atom stereocenters.